The van der Waals surface area contributed by atoms with Gasteiger partial charge in [0.2, 0.25) is 11.7 Å². The number of imidazole rings is 1. The van der Waals surface area contributed by atoms with Gasteiger partial charge in [0.05, 0.1) is 16.9 Å². The molecule has 0 fully saturated rings. The summed E-state index contributed by atoms with van der Waals surface area (Å²) < 4.78 is 34.9. The van der Waals surface area contributed by atoms with Crippen LogP contribution in [0.15, 0.2) is 48.7 Å². The van der Waals surface area contributed by atoms with E-state index < -0.39 is 17.4 Å². The highest BCUT2D eigenvalue weighted by molar-refractivity contribution is 6.33. The van der Waals surface area contributed by atoms with Gasteiger partial charge in [-0.15, -0.1) is 0 Å². The van der Waals surface area contributed by atoms with E-state index in [9.17, 15) is 8.78 Å². The van der Waals surface area contributed by atoms with Gasteiger partial charge in [0.15, 0.2) is 17.3 Å². The molecule has 6 nitrogen and oxygen atoms in total. The summed E-state index contributed by atoms with van der Waals surface area (Å²) in [5.74, 6) is -1.73. The Bertz CT molecular complexity index is 1170. The van der Waals surface area contributed by atoms with Gasteiger partial charge in [0, 0.05) is 6.04 Å². The quantitative estimate of drug-likeness (QED) is 0.441. The first kappa shape index (κ1) is 19.1. The molecule has 2 heterocycles. The second-order valence-electron chi connectivity index (χ2n) is 6.52. The Labute approximate surface area is 170 Å². The van der Waals surface area contributed by atoms with Crippen LogP contribution < -0.4 is 10.1 Å². The van der Waals surface area contributed by atoms with Crippen LogP contribution in [0.2, 0.25) is 5.02 Å². The highest BCUT2D eigenvalue weighted by Gasteiger charge is 2.19. The molecule has 1 N–H and O–H groups in total. The van der Waals surface area contributed by atoms with Gasteiger partial charge in [-0.25, -0.2) is 18.7 Å². The largest absolute Gasteiger partial charge is 0.418 e. The van der Waals surface area contributed by atoms with Crippen molar-refractivity contribution in [2.75, 3.05) is 5.32 Å². The molecule has 2 aromatic heterocycles. The molecule has 4 rings (SSSR count). The molecular weight excluding hydrogens is 400 g/mol. The molecule has 0 spiro atoms. The molecule has 0 saturated carbocycles. The minimum absolute atomic E-state index is 0.0297. The van der Waals surface area contributed by atoms with E-state index >= 15 is 0 Å². The molecular formula is C20H16ClF2N5O. The van der Waals surface area contributed by atoms with Crippen LogP contribution in [0.1, 0.15) is 19.9 Å². The number of hydrogen-bond acceptors (Lipinski definition) is 5. The maximum absolute atomic E-state index is 13.9. The fourth-order valence-corrected chi connectivity index (χ4v) is 3.04. The Hall–Kier alpha value is -3.26. The molecule has 0 saturated heterocycles. The zero-order chi connectivity index (χ0) is 20.5. The van der Waals surface area contributed by atoms with Crippen molar-refractivity contribution < 1.29 is 13.5 Å². The number of hydrogen-bond donors (Lipinski definition) is 1. The summed E-state index contributed by atoms with van der Waals surface area (Å²) in [5.41, 5.74) is 1.63. The number of halogens is 3. The van der Waals surface area contributed by atoms with Gasteiger partial charge >= 0.3 is 6.01 Å². The highest BCUT2D eigenvalue weighted by Crippen LogP contribution is 2.31. The second-order valence-corrected chi connectivity index (χ2v) is 6.93. The maximum atomic E-state index is 13.9. The van der Waals surface area contributed by atoms with Crippen molar-refractivity contribution in [2.24, 2.45) is 0 Å². The number of aromatic nitrogens is 4. The molecule has 2 aromatic carbocycles. The molecule has 0 aliphatic heterocycles. The van der Waals surface area contributed by atoms with Gasteiger partial charge in [-0.3, -0.25) is 4.57 Å². The number of benzene rings is 2. The normalized spacial score (nSPS) is 11.2. The minimum Gasteiger partial charge on any atom is -0.418 e. The van der Waals surface area contributed by atoms with Crippen LogP contribution in [0.25, 0.3) is 11.2 Å². The summed E-state index contributed by atoms with van der Waals surface area (Å²) in [5, 5.41) is 3.73. The number of nitrogens with one attached hydrogen (secondary N) is 1. The zero-order valence-electron chi connectivity index (χ0n) is 15.5. The van der Waals surface area contributed by atoms with Crippen LogP contribution in [-0.4, -0.2) is 19.5 Å². The third-order valence-corrected chi connectivity index (χ3v) is 4.49. The average Bonchev–Trinajstić information content (AvgIpc) is 3.04. The second kappa shape index (κ2) is 7.63. The van der Waals surface area contributed by atoms with Crippen LogP contribution >= 0.6 is 11.6 Å². The summed E-state index contributed by atoms with van der Waals surface area (Å²) in [7, 11) is 0. The number of rotatable bonds is 5. The van der Waals surface area contributed by atoms with Crippen LogP contribution in [-0.2, 0) is 0 Å². The lowest BCUT2D eigenvalue weighted by Crippen LogP contribution is -2.07. The number of fused-ring (bicyclic) bond motifs is 1. The average molecular weight is 416 g/mol. The van der Waals surface area contributed by atoms with Gasteiger partial charge in [0.1, 0.15) is 5.52 Å². The van der Waals surface area contributed by atoms with E-state index in [-0.39, 0.29) is 12.1 Å². The van der Waals surface area contributed by atoms with Crippen molar-refractivity contribution in [3.8, 4) is 11.8 Å². The van der Waals surface area contributed by atoms with Crippen LogP contribution in [0.4, 0.5) is 20.4 Å². The number of nitrogens with zero attached hydrogens (tertiary/aromatic N) is 4. The lowest BCUT2D eigenvalue weighted by molar-refractivity contribution is 0.383. The van der Waals surface area contributed by atoms with Crippen LogP contribution in [0.3, 0.4) is 0 Å². The Kier molecular flexibility index (Phi) is 5.02. The summed E-state index contributed by atoms with van der Waals surface area (Å²) >= 11 is 6.23. The number of para-hydroxylation sites is 2. The van der Waals surface area contributed by atoms with E-state index in [1.165, 1.54) is 12.3 Å². The van der Waals surface area contributed by atoms with Gasteiger partial charge in [-0.2, -0.15) is 4.98 Å². The summed E-state index contributed by atoms with van der Waals surface area (Å²) in [6.45, 7) is 3.91. The predicted molar refractivity (Wildman–Crippen MR) is 107 cm³/mol. The molecule has 0 amide bonds. The van der Waals surface area contributed by atoms with E-state index in [0.717, 1.165) is 12.1 Å². The zero-order valence-corrected chi connectivity index (χ0v) is 16.3. The predicted octanol–water partition coefficient (Wildman–Crippen LogP) is 5.87. The smallest absolute Gasteiger partial charge is 0.324 e. The van der Waals surface area contributed by atoms with E-state index in [0.29, 0.717) is 27.8 Å². The van der Waals surface area contributed by atoms with Crippen LogP contribution in [0.5, 0.6) is 11.8 Å². The van der Waals surface area contributed by atoms with Gasteiger partial charge in [-0.1, -0.05) is 29.8 Å². The number of ether oxygens (including phenoxy) is 1. The van der Waals surface area contributed by atoms with E-state index in [2.05, 4.69) is 20.3 Å². The molecule has 0 atom stereocenters. The molecule has 0 aliphatic rings. The monoisotopic (exact) mass is 415 g/mol. The van der Waals surface area contributed by atoms with Crippen molar-refractivity contribution in [2.45, 2.75) is 19.9 Å². The minimum atomic E-state index is -0.841. The fraction of sp³-hybridized carbons (Fsp3) is 0.150. The van der Waals surface area contributed by atoms with Gasteiger partial charge in [-0.05, 0) is 38.1 Å². The van der Waals surface area contributed by atoms with E-state index in [1.807, 2.05) is 36.6 Å². The van der Waals surface area contributed by atoms with Gasteiger partial charge in [0.25, 0.3) is 0 Å². The Balaban J connectivity index is 1.76. The summed E-state index contributed by atoms with van der Waals surface area (Å²) in [6, 6.07) is 10.5. The SMILES string of the molecule is CC(C)n1c(Nc2ccccc2Cl)nc2cnc(Oc3c(F)cccc3F)nc21. The van der Waals surface area contributed by atoms with Crippen molar-refractivity contribution in [3.05, 3.63) is 65.3 Å². The molecule has 0 radical (unpaired) electrons. The lowest BCUT2D eigenvalue weighted by atomic mass is 10.3. The van der Waals surface area contributed by atoms with Crippen molar-refractivity contribution in [1.29, 1.82) is 0 Å². The molecule has 9 heteroatoms. The maximum Gasteiger partial charge on any atom is 0.324 e. The van der Waals surface area contributed by atoms with Crippen molar-refractivity contribution in [1.82, 2.24) is 19.5 Å². The van der Waals surface area contributed by atoms with E-state index in [1.54, 1.807) is 6.07 Å². The Morgan fingerprint density at radius 3 is 2.45 bits per heavy atom. The third kappa shape index (κ3) is 3.71. The molecule has 29 heavy (non-hydrogen) atoms. The summed E-state index contributed by atoms with van der Waals surface area (Å²) in [4.78, 5) is 12.9. The van der Waals surface area contributed by atoms with Crippen molar-refractivity contribution >= 4 is 34.4 Å². The summed E-state index contributed by atoms with van der Waals surface area (Å²) in [6.07, 6.45) is 1.44. The first-order valence-corrected chi connectivity index (χ1v) is 9.20. The third-order valence-electron chi connectivity index (χ3n) is 4.16. The lowest BCUT2D eigenvalue weighted by Gasteiger charge is -2.14. The molecule has 0 bridgehead atoms. The Morgan fingerprint density at radius 1 is 1.03 bits per heavy atom. The fourth-order valence-electron chi connectivity index (χ4n) is 2.86. The Morgan fingerprint density at radius 2 is 1.76 bits per heavy atom. The van der Waals surface area contributed by atoms with Gasteiger partial charge < -0.3 is 10.1 Å². The molecule has 0 unspecified atom stereocenters. The highest BCUT2D eigenvalue weighted by atomic mass is 35.5. The molecule has 148 valence electrons. The van der Waals surface area contributed by atoms with Crippen molar-refractivity contribution in [3.63, 3.8) is 0 Å². The van der Waals surface area contributed by atoms with Crippen LogP contribution in [0, 0.1) is 11.6 Å². The standard InChI is InChI=1S/C20H16ClF2N5O/c1-11(2)28-18-16(26-19(28)25-15-9-4-3-6-12(15)21)10-24-20(27-18)29-17-13(22)7-5-8-14(17)23/h3-11H,1-2H3,(H,25,26). The number of anilines is 2. The molecule has 4 aromatic rings. The van der Waals surface area contributed by atoms with E-state index in [4.69, 9.17) is 16.3 Å². The first-order chi connectivity index (χ1) is 13.9. The first-order valence-electron chi connectivity index (χ1n) is 8.82. The molecule has 0 aliphatic carbocycles. The topological polar surface area (TPSA) is 64.9 Å².